The summed E-state index contributed by atoms with van der Waals surface area (Å²) in [6, 6.07) is 11.8. The van der Waals surface area contributed by atoms with E-state index in [0.717, 1.165) is 48.8 Å². The molecule has 0 spiro atoms. The van der Waals surface area contributed by atoms with Gasteiger partial charge in [-0.2, -0.15) is 0 Å². The second-order valence-electron chi connectivity index (χ2n) is 10.9. The van der Waals surface area contributed by atoms with Gasteiger partial charge in [0.2, 0.25) is 11.8 Å². The zero-order chi connectivity index (χ0) is 29.1. The number of piperazine rings is 1. The Morgan fingerprint density at radius 2 is 1.56 bits per heavy atom. The summed E-state index contributed by atoms with van der Waals surface area (Å²) >= 11 is 0. The normalized spacial score (nSPS) is 19.8. The second kappa shape index (κ2) is 12.1. The topological polar surface area (TPSA) is 131 Å². The number of fused-ring (bicyclic) bond motifs is 1. The first-order valence-corrected chi connectivity index (χ1v) is 14.3. The lowest BCUT2D eigenvalue weighted by atomic mass is 10.0. The van der Waals surface area contributed by atoms with Crippen LogP contribution in [0, 0.1) is 5.92 Å². The van der Waals surface area contributed by atoms with Gasteiger partial charge in [0, 0.05) is 56.1 Å². The number of nitrogens with one attached hydrogen (secondary N) is 3. The van der Waals surface area contributed by atoms with Crippen LogP contribution in [-0.4, -0.2) is 73.2 Å². The van der Waals surface area contributed by atoms with E-state index in [1.807, 2.05) is 30.3 Å². The van der Waals surface area contributed by atoms with Crippen LogP contribution in [0.4, 0.5) is 11.4 Å². The predicted octanol–water partition coefficient (Wildman–Crippen LogP) is 2.09. The minimum Gasteiger partial charge on any atom is -0.368 e. The number of piperidine rings is 1. The Morgan fingerprint density at radius 3 is 2.22 bits per heavy atom. The molecule has 5 amide bonds. The lowest BCUT2D eigenvalue weighted by Crippen LogP contribution is -2.54. The maximum Gasteiger partial charge on any atom is 0.265 e. The van der Waals surface area contributed by atoms with E-state index < -0.39 is 29.7 Å². The Labute approximate surface area is 239 Å². The van der Waals surface area contributed by atoms with E-state index in [2.05, 4.69) is 39.8 Å². The summed E-state index contributed by atoms with van der Waals surface area (Å²) in [4.78, 5) is 67.8. The SMILES string of the molecule is CCC(C)CCNNC(=O)c1ccc(N2CCN(c3ccc4c(c3)C(=O)N(C3CCC(=O)NC3=O)C4=O)CC2)cc1. The van der Waals surface area contributed by atoms with Gasteiger partial charge in [0.25, 0.3) is 17.7 Å². The number of benzene rings is 2. The van der Waals surface area contributed by atoms with Gasteiger partial charge in [-0.15, -0.1) is 0 Å². The predicted molar refractivity (Wildman–Crippen MR) is 154 cm³/mol. The summed E-state index contributed by atoms with van der Waals surface area (Å²) in [6.45, 7) is 7.99. The first kappa shape index (κ1) is 28.3. The van der Waals surface area contributed by atoms with Gasteiger partial charge in [-0.05, 0) is 61.2 Å². The molecule has 2 aromatic carbocycles. The highest BCUT2D eigenvalue weighted by Crippen LogP contribution is 2.31. The van der Waals surface area contributed by atoms with Crippen molar-refractivity contribution < 1.29 is 24.0 Å². The summed E-state index contributed by atoms with van der Waals surface area (Å²) in [6.07, 6.45) is 2.34. The molecule has 3 aliphatic rings. The molecule has 2 atom stereocenters. The zero-order valence-electron chi connectivity index (χ0n) is 23.4. The molecule has 3 N–H and O–H groups in total. The third-order valence-corrected chi connectivity index (χ3v) is 8.22. The van der Waals surface area contributed by atoms with Gasteiger partial charge in [-0.1, -0.05) is 20.3 Å². The number of imide groups is 2. The van der Waals surface area contributed by atoms with Gasteiger partial charge < -0.3 is 9.80 Å². The molecular formula is C30H36N6O5. The quantitative estimate of drug-likeness (QED) is 0.241. The van der Waals surface area contributed by atoms with Crippen LogP contribution in [0.5, 0.6) is 0 Å². The number of carbonyl (C=O) groups is 5. The molecule has 0 bridgehead atoms. The van der Waals surface area contributed by atoms with E-state index in [1.54, 1.807) is 12.1 Å². The van der Waals surface area contributed by atoms with Crippen molar-refractivity contribution in [3.63, 3.8) is 0 Å². The molecule has 5 rings (SSSR count). The van der Waals surface area contributed by atoms with E-state index in [1.165, 1.54) is 0 Å². The smallest absolute Gasteiger partial charge is 0.265 e. The standard InChI is InChI=1S/C30H36N6O5/c1-3-19(2)12-13-31-33-27(38)20-4-6-21(7-5-20)34-14-16-35(17-15-34)22-8-9-23-24(18-22)30(41)36(29(23)40)25-10-11-26(37)32-28(25)39/h4-9,18-19,25,31H,3,10-17H2,1-2H3,(H,33,38)(H,32,37,39). The van der Waals surface area contributed by atoms with Gasteiger partial charge in [0.1, 0.15) is 6.04 Å². The Kier molecular flexibility index (Phi) is 8.34. The molecule has 2 unspecified atom stereocenters. The van der Waals surface area contributed by atoms with Crippen LogP contribution < -0.4 is 26.0 Å². The minimum absolute atomic E-state index is 0.0883. The van der Waals surface area contributed by atoms with Crippen LogP contribution in [-0.2, 0) is 9.59 Å². The Hall–Kier alpha value is -4.25. The molecule has 41 heavy (non-hydrogen) atoms. The second-order valence-corrected chi connectivity index (χ2v) is 10.9. The van der Waals surface area contributed by atoms with Crippen LogP contribution in [0.25, 0.3) is 0 Å². The molecule has 216 valence electrons. The number of hydrogen-bond acceptors (Lipinski definition) is 8. The molecule has 0 saturated carbocycles. The monoisotopic (exact) mass is 560 g/mol. The highest BCUT2D eigenvalue weighted by atomic mass is 16.2. The molecule has 11 nitrogen and oxygen atoms in total. The fraction of sp³-hybridized carbons (Fsp3) is 0.433. The molecule has 2 saturated heterocycles. The van der Waals surface area contributed by atoms with E-state index in [4.69, 9.17) is 0 Å². The number of hydrazine groups is 1. The van der Waals surface area contributed by atoms with Crippen molar-refractivity contribution in [3.05, 3.63) is 59.2 Å². The summed E-state index contributed by atoms with van der Waals surface area (Å²) in [5.41, 5.74) is 8.77. The molecular weight excluding hydrogens is 524 g/mol. The molecule has 11 heteroatoms. The molecule has 3 heterocycles. The maximum absolute atomic E-state index is 13.2. The fourth-order valence-corrected chi connectivity index (χ4v) is 5.44. The van der Waals surface area contributed by atoms with E-state index in [-0.39, 0.29) is 29.9 Å². The van der Waals surface area contributed by atoms with Crippen LogP contribution in [0.1, 0.15) is 70.6 Å². The average molecular weight is 561 g/mol. The van der Waals surface area contributed by atoms with E-state index >= 15 is 0 Å². The van der Waals surface area contributed by atoms with E-state index in [0.29, 0.717) is 24.6 Å². The molecule has 0 radical (unpaired) electrons. The summed E-state index contributed by atoms with van der Waals surface area (Å²) < 4.78 is 0. The molecule has 3 aliphatic heterocycles. The number of anilines is 2. The van der Waals surface area contributed by atoms with E-state index in [9.17, 15) is 24.0 Å². The largest absolute Gasteiger partial charge is 0.368 e. The third kappa shape index (κ3) is 5.95. The molecule has 2 fully saturated rings. The van der Waals surface area contributed by atoms with Crippen LogP contribution in [0.3, 0.4) is 0 Å². The van der Waals surface area contributed by atoms with Crippen molar-refractivity contribution in [2.45, 2.75) is 45.6 Å². The summed E-state index contributed by atoms with van der Waals surface area (Å²) in [7, 11) is 0. The van der Waals surface area contributed by atoms with Crippen LogP contribution in [0.15, 0.2) is 42.5 Å². The number of hydrogen-bond donors (Lipinski definition) is 3. The average Bonchev–Trinajstić information content (AvgIpc) is 3.24. The van der Waals surface area contributed by atoms with Crippen molar-refractivity contribution in [2.75, 3.05) is 42.5 Å². The highest BCUT2D eigenvalue weighted by Gasteiger charge is 2.44. The number of nitrogens with zero attached hydrogens (tertiary/aromatic N) is 3. The number of carbonyl (C=O) groups excluding carboxylic acids is 5. The minimum atomic E-state index is -0.976. The van der Waals surface area contributed by atoms with Crippen LogP contribution >= 0.6 is 0 Å². The van der Waals surface area contributed by atoms with Gasteiger partial charge in [-0.25, -0.2) is 5.43 Å². The van der Waals surface area contributed by atoms with Crippen molar-refractivity contribution in [2.24, 2.45) is 5.92 Å². The zero-order valence-corrected chi connectivity index (χ0v) is 23.4. The fourth-order valence-electron chi connectivity index (χ4n) is 5.44. The van der Waals surface area contributed by atoms with Gasteiger partial charge in [-0.3, -0.25) is 39.6 Å². The lowest BCUT2D eigenvalue weighted by molar-refractivity contribution is -0.136. The Morgan fingerprint density at radius 1 is 0.927 bits per heavy atom. The molecule has 0 aliphatic carbocycles. The summed E-state index contributed by atoms with van der Waals surface area (Å²) in [5, 5.41) is 2.22. The summed E-state index contributed by atoms with van der Waals surface area (Å²) in [5.74, 6) is -1.57. The number of amides is 5. The Bertz CT molecular complexity index is 1350. The first-order valence-electron chi connectivity index (χ1n) is 14.3. The van der Waals surface area contributed by atoms with Gasteiger partial charge >= 0.3 is 0 Å². The number of rotatable bonds is 9. The van der Waals surface area contributed by atoms with Gasteiger partial charge in [0.15, 0.2) is 0 Å². The maximum atomic E-state index is 13.2. The van der Waals surface area contributed by atoms with Crippen molar-refractivity contribution >= 4 is 40.9 Å². The van der Waals surface area contributed by atoms with Gasteiger partial charge in [0.05, 0.1) is 11.1 Å². The first-order chi connectivity index (χ1) is 19.8. The Balaban J connectivity index is 1.16. The highest BCUT2D eigenvalue weighted by molar-refractivity contribution is 6.23. The van der Waals surface area contributed by atoms with Crippen molar-refractivity contribution in [1.29, 1.82) is 0 Å². The third-order valence-electron chi connectivity index (χ3n) is 8.22. The molecule has 2 aromatic rings. The van der Waals surface area contributed by atoms with Crippen LogP contribution in [0.2, 0.25) is 0 Å². The molecule has 0 aromatic heterocycles. The lowest BCUT2D eigenvalue weighted by Gasteiger charge is -2.37. The van der Waals surface area contributed by atoms with Crippen molar-refractivity contribution in [1.82, 2.24) is 21.1 Å². The van der Waals surface area contributed by atoms with Crippen molar-refractivity contribution in [3.8, 4) is 0 Å².